The van der Waals surface area contributed by atoms with Crippen molar-refractivity contribution in [2.45, 2.75) is 39.2 Å². The van der Waals surface area contributed by atoms with E-state index in [9.17, 15) is 22.8 Å². The Morgan fingerprint density at radius 3 is 2.58 bits per heavy atom. The second kappa shape index (κ2) is 9.29. The van der Waals surface area contributed by atoms with Crippen molar-refractivity contribution in [3.63, 3.8) is 0 Å². The molecule has 1 atom stereocenters. The summed E-state index contributed by atoms with van der Waals surface area (Å²) in [5.41, 5.74) is 0.895. The van der Waals surface area contributed by atoms with Gasteiger partial charge in [-0.1, -0.05) is 18.2 Å². The van der Waals surface area contributed by atoms with Crippen molar-refractivity contribution >= 4 is 23.2 Å². The van der Waals surface area contributed by atoms with Crippen LogP contribution >= 0.6 is 0 Å². The zero-order chi connectivity index (χ0) is 27.2. The monoisotopic (exact) mass is 522 g/mol. The van der Waals surface area contributed by atoms with Crippen molar-refractivity contribution in [1.29, 1.82) is 5.26 Å². The maximum Gasteiger partial charge on any atom is 0.396 e. The van der Waals surface area contributed by atoms with Gasteiger partial charge in [0.15, 0.2) is 0 Å². The van der Waals surface area contributed by atoms with Crippen LogP contribution in [0.2, 0.25) is 0 Å². The Kier molecular flexibility index (Phi) is 6.23. The number of likely N-dealkylation sites (tertiary alicyclic amines) is 1. The van der Waals surface area contributed by atoms with Gasteiger partial charge in [0.25, 0.3) is 11.8 Å². The lowest BCUT2D eigenvalue weighted by molar-refractivity contribution is -0.261. The maximum absolute atomic E-state index is 13.6. The van der Waals surface area contributed by atoms with Crippen LogP contribution in [0.25, 0.3) is 0 Å². The van der Waals surface area contributed by atoms with Gasteiger partial charge in [0.2, 0.25) is 0 Å². The minimum Gasteiger partial charge on any atom is -0.322 e. The molecule has 1 N–H and O–H groups in total. The Balaban J connectivity index is 1.31. The number of aromatic nitrogens is 2. The second-order valence-corrected chi connectivity index (χ2v) is 10.1. The summed E-state index contributed by atoms with van der Waals surface area (Å²) in [7, 11) is 0. The highest BCUT2D eigenvalue weighted by atomic mass is 19.4. The predicted octanol–water partition coefficient (Wildman–Crippen LogP) is 4.44. The van der Waals surface area contributed by atoms with E-state index in [4.69, 9.17) is 5.26 Å². The van der Waals surface area contributed by atoms with Gasteiger partial charge >= 0.3 is 6.18 Å². The number of halogens is 3. The molecule has 2 aliphatic rings. The topological polar surface area (TPSA) is 94.3 Å². The number of benzene rings is 2. The highest BCUT2D eigenvalue weighted by Gasteiger charge is 2.57. The minimum absolute atomic E-state index is 0.0461. The van der Waals surface area contributed by atoms with Gasteiger partial charge in [-0.25, -0.2) is 0 Å². The van der Waals surface area contributed by atoms with Crippen LogP contribution in [0.1, 0.15) is 45.8 Å². The van der Waals surface area contributed by atoms with Crippen LogP contribution in [0, 0.1) is 16.7 Å². The molecule has 0 spiro atoms. The van der Waals surface area contributed by atoms with Gasteiger partial charge in [-0.2, -0.15) is 23.5 Å². The van der Waals surface area contributed by atoms with E-state index in [1.54, 1.807) is 52.3 Å². The van der Waals surface area contributed by atoms with Crippen LogP contribution in [0.3, 0.4) is 0 Å². The van der Waals surface area contributed by atoms with Crippen LogP contribution in [0.5, 0.6) is 0 Å². The molecule has 0 radical (unpaired) electrons. The molecular formula is C27H25F3N6O2. The molecule has 1 fully saturated rings. The number of anilines is 2. The standard InChI is InChI=1S/C27H25F3N6O2/c1-17-13-35-23(22(12-32-35)24(37)33-20-5-3-4-19(10-20)11-31)25(38)36(17)21-8-6-18(7-9-21)14-34-15-26(2,16-34)27(28,29)30/h3-10,12,17H,13-16H2,1-2H3,(H,33,37)/t17-/m0/s1. The average molecular weight is 523 g/mol. The van der Waals surface area contributed by atoms with Crippen molar-refractivity contribution in [3.8, 4) is 6.07 Å². The molecule has 2 aliphatic heterocycles. The van der Waals surface area contributed by atoms with Crippen LogP contribution in [-0.2, 0) is 13.1 Å². The van der Waals surface area contributed by atoms with E-state index in [2.05, 4.69) is 10.4 Å². The molecule has 11 heteroatoms. The molecule has 5 rings (SSSR count). The van der Waals surface area contributed by atoms with Crippen molar-refractivity contribution in [1.82, 2.24) is 14.7 Å². The zero-order valence-electron chi connectivity index (χ0n) is 20.8. The number of nitrogens with one attached hydrogen (secondary N) is 1. The molecule has 38 heavy (non-hydrogen) atoms. The number of alkyl halides is 3. The predicted molar refractivity (Wildman–Crippen MR) is 133 cm³/mol. The summed E-state index contributed by atoms with van der Waals surface area (Å²) >= 11 is 0. The largest absolute Gasteiger partial charge is 0.396 e. The normalized spacial score (nSPS) is 18.9. The number of hydrogen-bond donors (Lipinski definition) is 1. The molecular weight excluding hydrogens is 497 g/mol. The SMILES string of the molecule is C[C@H]1Cn2ncc(C(=O)Nc3cccc(C#N)c3)c2C(=O)N1c1ccc(CN2CC(C)(C(F)(F)F)C2)cc1. The molecule has 1 saturated heterocycles. The number of carbonyl (C=O) groups excluding carboxylic acids is 2. The first kappa shape index (κ1) is 25.5. The van der Waals surface area contributed by atoms with Crippen molar-refractivity contribution < 1.29 is 22.8 Å². The summed E-state index contributed by atoms with van der Waals surface area (Å²) in [6.45, 7) is 3.79. The van der Waals surface area contributed by atoms with Crippen molar-refractivity contribution in [2.75, 3.05) is 23.3 Å². The summed E-state index contributed by atoms with van der Waals surface area (Å²) < 4.78 is 40.9. The fourth-order valence-corrected chi connectivity index (χ4v) is 5.05. The summed E-state index contributed by atoms with van der Waals surface area (Å²) in [6, 6.07) is 15.4. The number of carbonyl (C=O) groups is 2. The van der Waals surface area contributed by atoms with E-state index >= 15 is 0 Å². The number of nitrogens with zero attached hydrogens (tertiary/aromatic N) is 5. The highest BCUT2D eigenvalue weighted by Crippen LogP contribution is 2.45. The van der Waals surface area contributed by atoms with Gasteiger partial charge in [-0.05, 0) is 49.7 Å². The Labute approximate surface area is 217 Å². The lowest BCUT2D eigenvalue weighted by atomic mass is 9.81. The highest BCUT2D eigenvalue weighted by molar-refractivity contribution is 6.15. The first-order chi connectivity index (χ1) is 18.0. The Morgan fingerprint density at radius 2 is 1.92 bits per heavy atom. The quantitative estimate of drug-likeness (QED) is 0.535. The van der Waals surface area contributed by atoms with E-state index < -0.39 is 17.5 Å². The molecule has 2 amide bonds. The van der Waals surface area contributed by atoms with Gasteiger partial charge in [-0.3, -0.25) is 19.2 Å². The Hall–Kier alpha value is -4.17. The van der Waals surface area contributed by atoms with Gasteiger partial charge in [0.1, 0.15) is 5.69 Å². The molecule has 8 nitrogen and oxygen atoms in total. The van der Waals surface area contributed by atoms with E-state index in [0.717, 1.165) is 5.56 Å². The average Bonchev–Trinajstić information content (AvgIpc) is 3.27. The van der Waals surface area contributed by atoms with Crippen molar-refractivity contribution in [3.05, 3.63) is 77.1 Å². The first-order valence-electron chi connectivity index (χ1n) is 12.1. The van der Waals surface area contributed by atoms with Gasteiger partial charge in [0.05, 0.1) is 41.4 Å². The third-order valence-electron chi connectivity index (χ3n) is 7.08. The Bertz CT molecular complexity index is 1430. The fraction of sp³-hybridized carbons (Fsp3) is 0.333. The van der Waals surface area contributed by atoms with E-state index in [1.807, 2.05) is 13.0 Å². The van der Waals surface area contributed by atoms with Crippen LogP contribution in [0.15, 0.2) is 54.7 Å². The fourth-order valence-electron chi connectivity index (χ4n) is 5.05. The third-order valence-corrected chi connectivity index (χ3v) is 7.08. The number of hydrogen-bond acceptors (Lipinski definition) is 5. The molecule has 0 bridgehead atoms. The van der Waals surface area contributed by atoms with E-state index in [0.29, 0.717) is 30.0 Å². The van der Waals surface area contributed by atoms with Crippen LogP contribution in [0.4, 0.5) is 24.5 Å². The zero-order valence-corrected chi connectivity index (χ0v) is 20.8. The summed E-state index contributed by atoms with van der Waals surface area (Å²) in [4.78, 5) is 29.9. The number of rotatable bonds is 5. The molecule has 1 aromatic heterocycles. The third kappa shape index (κ3) is 4.52. The van der Waals surface area contributed by atoms with Gasteiger partial charge in [0, 0.05) is 31.0 Å². The number of fused-ring (bicyclic) bond motifs is 1. The lowest BCUT2D eigenvalue weighted by Crippen LogP contribution is -2.61. The molecule has 0 aliphatic carbocycles. The van der Waals surface area contributed by atoms with Crippen molar-refractivity contribution in [2.24, 2.45) is 5.41 Å². The van der Waals surface area contributed by atoms with E-state index in [1.165, 1.54) is 23.9 Å². The number of nitriles is 1. The lowest BCUT2D eigenvalue weighted by Gasteiger charge is -2.48. The molecule has 196 valence electrons. The first-order valence-corrected chi connectivity index (χ1v) is 12.1. The van der Waals surface area contributed by atoms with Crippen LogP contribution in [-0.4, -0.2) is 51.8 Å². The molecule has 0 saturated carbocycles. The smallest absolute Gasteiger partial charge is 0.322 e. The Morgan fingerprint density at radius 1 is 1.21 bits per heavy atom. The molecule has 0 unspecified atom stereocenters. The van der Waals surface area contributed by atoms with Crippen LogP contribution < -0.4 is 10.2 Å². The summed E-state index contributed by atoms with van der Waals surface area (Å²) in [5, 5.41) is 16.1. The molecule has 3 aromatic rings. The molecule has 3 heterocycles. The number of amides is 2. The molecule has 2 aromatic carbocycles. The van der Waals surface area contributed by atoms with Gasteiger partial charge in [-0.15, -0.1) is 0 Å². The summed E-state index contributed by atoms with van der Waals surface area (Å²) in [6.07, 6.45) is -2.86. The minimum atomic E-state index is -4.22. The second-order valence-electron chi connectivity index (χ2n) is 10.1. The summed E-state index contributed by atoms with van der Waals surface area (Å²) in [5.74, 6) is -0.895. The van der Waals surface area contributed by atoms with E-state index in [-0.39, 0.29) is 36.3 Å². The van der Waals surface area contributed by atoms with Gasteiger partial charge < -0.3 is 10.2 Å². The maximum atomic E-state index is 13.6.